The Labute approximate surface area is 126 Å². The molecule has 1 unspecified atom stereocenters. The standard InChI is InChI=1S/C18H23FN2/c1-4-18(20-2)15-8-10-17(11-9-15)21(3)13-14-6-5-7-16(19)12-14/h5-12,18,20H,4,13H2,1-3H3. The molecule has 0 spiro atoms. The van der Waals surface area contributed by atoms with Gasteiger partial charge in [-0.2, -0.15) is 0 Å². The molecule has 0 bridgehead atoms. The maximum absolute atomic E-state index is 13.2. The van der Waals surface area contributed by atoms with E-state index < -0.39 is 0 Å². The van der Waals surface area contributed by atoms with Gasteiger partial charge < -0.3 is 10.2 Å². The van der Waals surface area contributed by atoms with E-state index in [2.05, 4.69) is 41.4 Å². The molecular weight excluding hydrogens is 263 g/mol. The average molecular weight is 286 g/mol. The van der Waals surface area contributed by atoms with Gasteiger partial charge in [-0.25, -0.2) is 4.39 Å². The summed E-state index contributed by atoms with van der Waals surface area (Å²) in [6.45, 7) is 2.87. The lowest BCUT2D eigenvalue weighted by Crippen LogP contribution is -2.17. The zero-order chi connectivity index (χ0) is 15.2. The molecule has 0 fully saturated rings. The van der Waals surface area contributed by atoms with Gasteiger partial charge in [0.05, 0.1) is 0 Å². The van der Waals surface area contributed by atoms with Crippen molar-refractivity contribution in [2.45, 2.75) is 25.9 Å². The first-order valence-electron chi connectivity index (χ1n) is 7.37. The van der Waals surface area contributed by atoms with E-state index in [0.29, 0.717) is 12.6 Å². The fourth-order valence-electron chi connectivity index (χ4n) is 2.57. The van der Waals surface area contributed by atoms with E-state index >= 15 is 0 Å². The van der Waals surface area contributed by atoms with Gasteiger partial charge in [-0.1, -0.05) is 31.2 Å². The second-order valence-electron chi connectivity index (χ2n) is 5.33. The fourth-order valence-corrected chi connectivity index (χ4v) is 2.57. The van der Waals surface area contributed by atoms with Gasteiger partial charge in [-0.15, -0.1) is 0 Å². The Morgan fingerprint density at radius 1 is 1.14 bits per heavy atom. The molecule has 0 saturated carbocycles. The van der Waals surface area contributed by atoms with E-state index in [4.69, 9.17) is 0 Å². The van der Waals surface area contributed by atoms with Gasteiger partial charge >= 0.3 is 0 Å². The molecule has 0 radical (unpaired) electrons. The van der Waals surface area contributed by atoms with Crippen LogP contribution < -0.4 is 10.2 Å². The molecule has 2 aromatic rings. The van der Waals surface area contributed by atoms with Crippen LogP contribution in [0.4, 0.5) is 10.1 Å². The van der Waals surface area contributed by atoms with Crippen LogP contribution in [0.1, 0.15) is 30.5 Å². The summed E-state index contributed by atoms with van der Waals surface area (Å²) in [6.07, 6.45) is 1.06. The molecular formula is C18H23FN2. The monoisotopic (exact) mass is 286 g/mol. The summed E-state index contributed by atoms with van der Waals surface area (Å²) in [5, 5.41) is 3.31. The van der Waals surface area contributed by atoms with Gasteiger partial charge in [-0.05, 0) is 48.9 Å². The maximum atomic E-state index is 13.2. The third kappa shape index (κ3) is 4.05. The molecule has 1 N–H and O–H groups in total. The normalized spacial score (nSPS) is 12.2. The highest BCUT2D eigenvalue weighted by atomic mass is 19.1. The number of hydrogen-bond acceptors (Lipinski definition) is 2. The van der Waals surface area contributed by atoms with Crippen molar-refractivity contribution in [3.8, 4) is 0 Å². The molecule has 21 heavy (non-hydrogen) atoms. The first-order chi connectivity index (χ1) is 10.1. The molecule has 1 atom stereocenters. The molecule has 3 heteroatoms. The van der Waals surface area contributed by atoms with E-state index in [1.807, 2.05) is 20.2 Å². The predicted octanol–water partition coefficient (Wildman–Crippen LogP) is 4.13. The molecule has 0 aliphatic heterocycles. The lowest BCUT2D eigenvalue weighted by Gasteiger charge is -2.21. The highest BCUT2D eigenvalue weighted by Crippen LogP contribution is 2.21. The maximum Gasteiger partial charge on any atom is 0.123 e. The Morgan fingerprint density at radius 2 is 1.86 bits per heavy atom. The zero-order valence-electron chi connectivity index (χ0n) is 12.9. The van der Waals surface area contributed by atoms with Crippen molar-refractivity contribution in [1.82, 2.24) is 5.32 Å². The summed E-state index contributed by atoms with van der Waals surface area (Å²) >= 11 is 0. The quantitative estimate of drug-likeness (QED) is 0.859. The van der Waals surface area contributed by atoms with Crippen LogP contribution >= 0.6 is 0 Å². The number of halogens is 1. The van der Waals surface area contributed by atoms with E-state index in [9.17, 15) is 4.39 Å². The molecule has 112 valence electrons. The summed E-state index contributed by atoms with van der Waals surface area (Å²) in [5.74, 6) is -0.184. The van der Waals surface area contributed by atoms with Gasteiger partial charge in [0.2, 0.25) is 0 Å². The third-order valence-electron chi connectivity index (χ3n) is 3.80. The van der Waals surface area contributed by atoms with Crippen LogP contribution in [0.25, 0.3) is 0 Å². The molecule has 0 aromatic heterocycles. The van der Waals surface area contributed by atoms with Crippen LogP contribution in [-0.2, 0) is 6.54 Å². The molecule has 0 amide bonds. The number of nitrogens with zero attached hydrogens (tertiary/aromatic N) is 1. The second-order valence-corrected chi connectivity index (χ2v) is 5.33. The minimum Gasteiger partial charge on any atom is -0.370 e. The summed E-state index contributed by atoms with van der Waals surface area (Å²) in [7, 11) is 4.01. The molecule has 0 aliphatic rings. The summed E-state index contributed by atoms with van der Waals surface area (Å²) in [4.78, 5) is 2.12. The Bertz CT molecular complexity index is 562. The highest BCUT2D eigenvalue weighted by Gasteiger charge is 2.07. The van der Waals surface area contributed by atoms with Crippen molar-refractivity contribution in [1.29, 1.82) is 0 Å². The number of rotatable bonds is 6. The van der Waals surface area contributed by atoms with Crippen molar-refractivity contribution in [3.63, 3.8) is 0 Å². The van der Waals surface area contributed by atoms with Gasteiger partial charge in [0, 0.05) is 25.3 Å². The van der Waals surface area contributed by atoms with E-state index in [1.54, 1.807) is 12.1 Å². The van der Waals surface area contributed by atoms with Gasteiger partial charge in [0.25, 0.3) is 0 Å². The van der Waals surface area contributed by atoms with Gasteiger partial charge in [-0.3, -0.25) is 0 Å². The van der Waals surface area contributed by atoms with E-state index in [1.165, 1.54) is 11.6 Å². The second kappa shape index (κ2) is 7.23. The Balaban J connectivity index is 2.07. The van der Waals surface area contributed by atoms with Crippen molar-refractivity contribution >= 4 is 5.69 Å². The third-order valence-corrected chi connectivity index (χ3v) is 3.80. The van der Waals surface area contributed by atoms with Crippen LogP contribution in [0.5, 0.6) is 0 Å². The van der Waals surface area contributed by atoms with Crippen LogP contribution in [0.2, 0.25) is 0 Å². The van der Waals surface area contributed by atoms with Crippen LogP contribution in [0, 0.1) is 5.82 Å². The molecule has 2 nitrogen and oxygen atoms in total. The van der Waals surface area contributed by atoms with Gasteiger partial charge in [0.15, 0.2) is 0 Å². The smallest absolute Gasteiger partial charge is 0.123 e. The molecule has 0 saturated heterocycles. The van der Waals surface area contributed by atoms with Crippen LogP contribution in [0.15, 0.2) is 48.5 Å². The zero-order valence-corrected chi connectivity index (χ0v) is 12.9. The average Bonchev–Trinajstić information content (AvgIpc) is 2.49. The molecule has 0 aliphatic carbocycles. The van der Waals surface area contributed by atoms with Crippen LogP contribution in [0.3, 0.4) is 0 Å². The lowest BCUT2D eigenvalue weighted by atomic mass is 10.0. The van der Waals surface area contributed by atoms with Crippen molar-refractivity contribution in [2.75, 3.05) is 19.0 Å². The first-order valence-corrected chi connectivity index (χ1v) is 7.37. The number of nitrogens with one attached hydrogen (secondary N) is 1. The number of anilines is 1. The van der Waals surface area contributed by atoms with Crippen molar-refractivity contribution < 1.29 is 4.39 Å². The minimum absolute atomic E-state index is 0.184. The Hall–Kier alpha value is -1.87. The van der Waals surface area contributed by atoms with E-state index in [-0.39, 0.29) is 5.82 Å². The van der Waals surface area contributed by atoms with Crippen LogP contribution in [-0.4, -0.2) is 14.1 Å². The Kier molecular flexibility index (Phi) is 5.34. The summed E-state index contributed by atoms with van der Waals surface area (Å²) in [5.41, 5.74) is 3.40. The Morgan fingerprint density at radius 3 is 2.43 bits per heavy atom. The first kappa shape index (κ1) is 15.5. The minimum atomic E-state index is -0.184. The number of benzene rings is 2. The molecule has 2 rings (SSSR count). The topological polar surface area (TPSA) is 15.3 Å². The highest BCUT2D eigenvalue weighted by molar-refractivity contribution is 5.48. The molecule has 0 heterocycles. The van der Waals surface area contributed by atoms with Gasteiger partial charge in [0.1, 0.15) is 5.82 Å². The van der Waals surface area contributed by atoms with Crippen molar-refractivity contribution in [3.05, 3.63) is 65.5 Å². The lowest BCUT2D eigenvalue weighted by molar-refractivity contribution is 0.577. The summed E-state index contributed by atoms with van der Waals surface area (Å²) < 4.78 is 13.2. The van der Waals surface area contributed by atoms with Crippen molar-refractivity contribution in [2.24, 2.45) is 0 Å². The predicted molar refractivity (Wildman–Crippen MR) is 87.0 cm³/mol. The largest absolute Gasteiger partial charge is 0.370 e. The summed E-state index contributed by atoms with van der Waals surface area (Å²) in [6, 6.07) is 15.7. The molecule has 2 aromatic carbocycles. The number of hydrogen-bond donors (Lipinski definition) is 1. The SMILES string of the molecule is CCC(NC)c1ccc(N(C)Cc2cccc(F)c2)cc1. The fraction of sp³-hybridized carbons (Fsp3) is 0.333. The van der Waals surface area contributed by atoms with E-state index in [0.717, 1.165) is 17.7 Å².